The Balaban J connectivity index is 4.09. The molecule has 3 atom stereocenters. The van der Waals surface area contributed by atoms with Crippen molar-refractivity contribution in [2.45, 2.75) is 328 Å². The number of phosphoric acid groups is 1. The highest BCUT2D eigenvalue weighted by molar-refractivity contribution is 7.45. The highest BCUT2D eigenvalue weighted by atomic mass is 31.2. The van der Waals surface area contributed by atoms with Crippen molar-refractivity contribution in [2.24, 2.45) is 0 Å². The van der Waals surface area contributed by atoms with Gasteiger partial charge in [0.15, 0.2) is 0 Å². The molecule has 0 saturated carbocycles. The smallest absolute Gasteiger partial charge is 0.268 e. The van der Waals surface area contributed by atoms with Crippen LogP contribution in [0.3, 0.4) is 0 Å². The predicted octanol–water partition coefficient (Wildman–Crippen LogP) is 18.5. The van der Waals surface area contributed by atoms with Crippen LogP contribution >= 0.6 is 7.82 Å². The third-order valence-corrected chi connectivity index (χ3v) is 15.4. The Kier molecular flexibility index (Phi) is 53.0. The second kappa shape index (κ2) is 53.8. The van der Waals surface area contributed by atoms with Crippen LogP contribution in [0, 0.1) is 0 Å². The Bertz CT molecular complexity index is 1210. The first kappa shape index (κ1) is 70.0. The Morgan fingerprint density at radius 1 is 0.479 bits per heavy atom. The zero-order valence-corrected chi connectivity index (χ0v) is 49.1. The number of carbonyl (C=O) groups excluding carboxylic acids is 1. The molecule has 1 amide bonds. The van der Waals surface area contributed by atoms with Crippen molar-refractivity contribution in [2.75, 3.05) is 40.9 Å². The molecular formula is C62H123N2O6P. The monoisotopic (exact) mass is 1020 g/mol. The highest BCUT2D eigenvalue weighted by Crippen LogP contribution is 2.38. The van der Waals surface area contributed by atoms with Crippen LogP contribution in [0.2, 0.25) is 0 Å². The summed E-state index contributed by atoms with van der Waals surface area (Å²) in [4.78, 5) is 25.5. The largest absolute Gasteiger partial charge is 0.756 e. The molecule has 0 aliphatic rings. The highest BCUT2D eigenvalue weighted by Gasteiger charge is 2.23. The number of phosphoric ester groups is 1. The zero-order valence-electron chi connectivity index (χ0n) is 48.2. The number of amides is 1. The van der Waals surface area contributed by atoms with E-state index in [0.29, 0.717) is 17.4 Å². The van der Waals surface area contributed by atoms with Gasteiger partial charge in [0.25, 0.3) is 7.82 Å². The van der Waals surface area contributed by atoms with Gasteiger partial charge in [0.2, 0.25) is 5.91 Å². The Labute approximate surface area is 443 Å². The van der Waals surface area contributed by atoms with Crippen LogP contribution in [0.1, 0.15) is 316 Å². The Morgan fingerprint density at radius 2 is 0.775 bits per heavy atom. The maximum atomic E-state index is 13.0. The molecule has 0 spiro atoms. The summed E-state index contributed by atoms with van der Waals surface area (Å²) >= 11 is 0. The van der Waals surface area contributed by atoms with Gasteiger partial charge in [0.1, 0.15) is 13.2 Å². The summed E-state index contributed by atoms with van der Waals surface area (Å²) in [5.74, 6) is -0.191. The van der Waals surface area contributed by atoms with E-state index in [0.717, 1.165) is 38.5 Å². The van der Waals surface area contributed by atoms with Crippen molar-refractivity contribution in [3.05, 3.63) is 24.3 Å². The van der Waals surface area contributed by atoms with E-state index in [-0.39, 0.29) is 19.1 Å². The number of hydrogen-bond donors (Lipinski definition) is 2. The lowest BCUT2D eigenvalue weighted by Gasteiger charge is -2.29. The molecule has 0 radical (unpaired) electrons. The Hall–Kier alpha value is -1.02. The van der Waals surface area contributed by atoms with Gasteiger partial charge in [-0.15, -0.1) is 0 Å². The molecule has 0 aromatic rings. The van der Waals surface area contributed by atoms with E-state index < -0.39 is 20.0 Å². The molecule has 0 aromatic heterocycles. The number of carbonyl (C=O) groups is 1. The first-order chi connectivity index (χ1) is 34.5. The molecule has 0 rings (SSSR count). The van der Waals surface area contributed by atoms with E-state index in [9.17, 15) is 19.4 Å². The minimum Gasteiger partial charge on any atom is -0.756 e. The second-order valence-electron chi connectivity index (χ2n) is 22.8. The number of aliphatic hydroxyl groups excluding tert-OH is 1. The zero-order chi connectivity index (χ0) is 52.0. The number of likely N-dealkylation sites (N-methyl/N-ethyl adjacent to an activating group) is 1. The van der Waals surface area contributed by atoms with Crippen molar-refractivity contribution in [3.63, 3.8) is 0 Å². The van der Waals surface area contributed by atoms with Gasteiger partial charge in [-0.2, -0.15) is 0 Å². The van der Waals surface area contributed by atoms with E-state index in [2.05, 4.69) is 31.3 Å². The first-order valence-corrected chi connectivity index (χ1v) is 32.7. The van der Waals surface area contributed by atoms with Crippen molar-refractivity contribution in [1.82, 2.24) is 5.32 Å². The molecule has 71 heavy (non-hydrogen) atoms. The van der Waals surface area contributed by atoms with E-state index >= 15 is 0 Å². The van der Waals surface area contributed by atoms with Crippen LogP contribution < -0.4 is 10.2 Å². The molecule has 0 bridgehead atoms. The normalized spacial score (nSPS) is 14.0. The molecule has 2 N–H and O–H groups in total. The molecule has 9 heteroatoms. The third kappa shape index (κ3) is 56.5. The fraction of sp³-hybridized carbons (Fsp3) is 0.919. The van der Waals surface area contributed by atoms with Gasteiger partial charge in [-0.1, -0.05) is 289 Å². The number of nitrogens with one attached hydrogen (secondary N) is 1. The molecule has 3 unspecified atom stereocenters. The number of rotatable bonds is 58. The van der Waals surface area contributed by atoms with Crippen LogP contribution in [-0.4, -0.2) is 68.5 Å². The minimum absolute atomic E-state index is 0.00157. The van der Waals surface area contributed by atoms with Gasteiger partial charge in [-0.3, -0.25) is 9.36 Å². The fourth-order valence-corrected chi connectivity index (χ4v) is 10.2. The molecular weight excluding hydrogens is 900 g/mol. The van der Waals surface area contributed by atoms with Gasteiger partial charge < -0.3 is 28.8 Å². The van der Waals surface area contributed by atoms with Crippen molar-refractivity contribution < 1.29 is 32.9 Å². The van der Waals surface area contributed by atoms with Gasteiger partial charge in [-0.25, -0.2) is 0 Å². The summed E-state index contributed by atoms with van der Waals surface area (Å²) in [6.07, 6.45) is 68.4. The van der Waals surface area contributed by atoms with Crippen LogP contribution in [0.25, 0.3) is 0 Å². The van der Waals surface area contributed by atoms with Crippen LogP contribution in [0.4, 0.5) is 0 Å². The van der Waals surface area contributed by atoms with Gasteiger partial charge in [0, 0.05) is 6.42 Å². The quantitative estimate of drug-likeness (QED) is 0.0272. The average Bonchev–Trinajstić information content (AvgIpc) is 3.33. The molecule has 0 aliphatic heterocycles. The molecule has 0 aromatic carbocycles. The standard InChI is InChI=1S/C62H123N2O6P/c1-6-8-10-12-14-16-18-20-22-24-26-28-29-30-31-32-33-34-35-36-38-40-42-44-46-48-50-52-54-56-62(66)63-60(59-70-71(67,68)69-58-57-64(3,4)5)61(65)55-53-51-49-47-45-43-41-39-37-27-25-23-21-19-17-15-13-11-9-7-2/h24,26,53,55,60-61,65H,6-23,25,27-52,54,56-59H2,1-5H3,(H-,63,66,67,68)/b26-24-,55-53+. The third-order valence-electron chi connectivity index (χ3n) is 14.4. The summed E-state index contributed by atoms with van der Waals surface area (Å²) in [6, 6.07) is -0.884. The fourth-order valence-electron chi connectivity index (χ4n) is 9.50. The number of aliphatic hydroxyl groups is 1. The summed E-state index contributed by atoms with van der Waals surface area (Å²) < 4.78 is 23.4. The average molecular weight is 1020 g/mol. The lowest BCUT2D eigenvalue weighted by Crippen LogP contribution is -2.45. The van der Waals surface area contributed by atoms with Crippen LogP contribution in [0.15, 0.2) is 24.3 Å². The molecule has 422 valence electrons. The molecule has 0 aliphatic carbocycles. The maximum absolute atomic E-state index is 13.0. The van der Waals surface area contributed by atoms with E-state index in [1.54, 1.807) is 6.08 Å². The second-order valence-corrected chi connectivity index (χ2v) is 24.2. The number of quaternary nitrogens is 1. The van der Waals surface area contributed by atoms with Gasteiger partial charge >= 0.3 is 0 Å². The topological polar surface area (TPSA) is 108 Å². The lowest BCUT2D eigenvalue weighted by atomic mass is 10.0. The van der Waals surface area contributed by atoms with Crippen molar-refractivity contribution in [1.29, 1.82) is 0 Å². The van der Waals surface area contributed by atoms with Crippen LogP contribution in [-0.2, 0) is 18.4 Å². The lowest BCUT2D eigenvalue weighted by molar-refractivity contribution is -0.870. The number of unbranched alkanes of at least 4 members (excludes halogenated alkanes) is 43. The first-order valence-electron chi connectivity index (χ1n) is 31.2. The van der Waals surface area contributed by atoms with E-state index in [1.807, 2.05) is 27.2 Å². The number of nitrogens with zero attached hydrogens (tertiary/aromatic N) is 1. The summed E-state index contributed by atoms with van der Waals surface area (Å²) in [5.41, 5.74) is 0. The Morgan fingerprint density at radius 3 is 1.10 bits per heavy atom. The maximum Gasteiger partial charge on any atom is 0.268 e. The van der Waals surface area contributed by atoms with Gasteiger partial charge in [-0.05, 0) is 44.9 Å². The minimum atomic E-state index is -4.60. The van der Waals surface area contributed by atoms with Crippen molar-refractivity contribution in [3.8, 4) is 0 Å². The molecule has 8 nitrogen and oxygen atoms in total. The molecule has 0 heterocycles. The predicted molar refractivity (Wildman–Crippen MR) is 307 cm³/mol. The molecule has 0 saturated heterocycles. The number of allylic oxidation sites excluding steroid dienone is 3. The summed E-state index contributed by atoms with van der Waals surface area (Å²) in [7, 11) is 1.28. The SMILES string of the molecule is CCCCCCCCCC/C=C\CCCCCCCCCCCCCCCCCCCC(=O)NC(COP(=O)([O-])OCC[N+](C)(C)C)C(O)/C=C/CCCCCCCCCCCCCCCCCCCC. The summed E-state index contributed by atoms with van der Waals surface area (Å²) in [6.45, 7) is 4.70. The van der Waals surface area contributed by atoms with Gasteiger partial charge in [0.05, 0.1) is 39.9 Å². The van der Waals surface area contributed by atoms with Crippen LogP contribution in [0.5, 0.6) is 0 Å². The summed E-state index contributed by atoms with van der Waals surface area (Å²) in [5, 5.41) is 13.9. The van der Waals surface area contributed by atoms with E-state index in [1.165, 1.54) is 257 Å². The number of hydrogen-bond acceptors (Lipinski definition) is 6. The molecule has 0 fully saturated rings. The van der Waals surface area contributed by atoms with E-state index in [4.69, 9.17) is 9.05 Å². The van der Waals surface area contributed by atoms with Crippen molar-refractivity contribution >= 4 is 13.7 Å².